The van der Waals surface area contributed by atoms with Gasteiger partial charge < -0.3 is 5.11 Å². The molecule has 1 nitrogen and oxygen atoms in total. The van der Waals surface area contributed by atoms with Gasteiger partial charge in [0.25, 0.3) is 0 Å². The van der Waals surface area contributed by atoms with Crippen molar-refractivity contribution in [2.75, 3.05) is 0 Å². The molecule has 0 aliphatic heterocycles. The largest absolute Gasteiger partial charge is 0.381 e. The number of hydrogen-bond acceptors (Lipinski definition) is 1. The fourth-order valence-corrected chi connectivity index (χ4v) is 3.11. The Morgan fingerprint density at radius 2 is 0.952 bits per heavy atom. The number of benzene rings is 2. The van der Waals surface area contributed by atoms with Crippen LogP contribution in [0.2, 0.25) is 0 Å². The second-order valence-electron chi connectivity index (χ2n) is 6.43. The van der Waals surface area contributed by atoms with Crippen molar-refractivity contribution in [2.45, 2.75) is 54.1 Å². The van der Waals surface area contributed by atoms with E-state index in [2.05, 4.69) is 65.8 Å². The van der Waals surface area contributed by atoms with Crippen LogP contribution in [-0.4, -0.2) is 5.11 Å². The molecule has 21 heavy (non-hydrogen) atoms. The van der Waals surface area contributed by atoms with Crippen LogP contribution in [0.5, 0.6) is 0 Å². The second-order valence-corrected chi connectivity index (χ2v) is 6.43. The van der Waals surface area contributed by atoms with Crippen molar-refractivity contribution in [3.8, 4) is 0 Å². The van der Waals surface area contributed by atoms with E-state index in [1.165, 1.54) is 33.4 Å². The smallest absolute Gasteiger partial charge is 0.112 e. The lowest BCUT2D eigenvalue weighted by Crippen LogP contribution is -2.26. The van der Waals surface area contributed by atoms with Crippen molar-refractivity contribution in [3.63, 3.8) is 0 Å². The third-order valence-electron chi connectivity index (χ3n) is 5.16. The Kier molecular flexibility index (Phi) is 3.99. The van der Waals surface area contributed by atoms with E-state index >= 15 is 0 Å². The Labute approximate surface area is 128 Å². The molecular weight excluding hydrogens is 256 g/mol. The van der Waals surface area contributed by atoms with Gasteiger partial charge in [-0.3, -0.25) is 0 Å². The van der Waals surface area contributed by atoms with Crippen LogP contribution in [0.1, 0.15) is 51.4 Å². The first-order valence-corrected chi connectivity index (χ1v) is 7.54. The monoisotopic (exact) mass is 282 g/mol. The lowest BCUT2D eigenvalue weighted by molar-refractivity contribution is 0.101. The standard InChI is InChI=1S/C20H26O/c1-12-8-10-18(16(5)14(12)3)20(7,21)19-11-9-13(2)15(4)17(19)6/h8-11,21H,1-7H3. The minimum absolute atomic E-state index is 0.967. The predicted molar refractivity (Wildman–Crippen MR) is 90.0 cm³/mol. The highest BCUT2D eigenvalue weighted by molar-refractivity contribution is 5.50. The Morgan fingerprint density at radius 3 is 1.29 bits per heavy atom. The summed E-state index contributed by atoms with van der Waals surface area (Å²) in [6.45, 7) is 14.6. The highest BCUT2D eigenvalue weighted by Gasteiger charge is 2.30. The zero-order valence-electron chi connectivity index (χ0n) is 14.3. The number of aryl methyl sites for hydroxylation is 2. The van der Waals surface area contributed by atoms with Crippen LogP contribution >= 0.6 is 0 Å². The zero-order chi connectivity index (χ0) is 15.9. The van der Waals surface area contributed by atoms with Crippen LogP contribution in [0.3, 0.4) is 0 Å². The average molecular weight is 282 g/mol. The van der Waals surface area contributed by atoms with Crippen molar-refractivity contribution in [1.82, 2.24) is 0 Å². The fourth-order valence-electron chi connectivity index (χ4n) is 3.11. The molecule has 0 fully saturated rings. The molecule has 0 bridgehead atoms. The molecule has 1 heteroatoms. The van der Waals surface area contributed by atoms with Gasteiger partial charge in [0.15, 0.2) is 0 Å². The van der Waals surface area contributed by atoms with Gasteiger partial charge in [-0.15, -0.1) is 0 Å². The van der Waals surface area contributed by atoms with Crippen LogP contribution in [0.4, 0.5) is 0 Å². The van der Waals surface area contributed by atoms with Gasteiger partial charge in [-0.25, -0.2) is 0 Å². The number of hydrogen-bond donors (Lipinski definition) is 1. The van der Waals surface area contributed by atoms with E-state index in [0.717, 1.165) is 11.1 Å². The van der Waals surface area contributed by atoms with Gasteiger partial charge in [0, 0.05) is 0 Å². The zero-order valence-corrected chi connectivity index (χ0v) is 14.3. The van der Waals surface area contributed by atoms with Crippen LogP contribution in [-0.2, 0) is 5.60 Å². The van der Waals surface area contributed by atoms with Gasteiger partial charge >= 0.3 is 0 Å². The van der Waals surface area contributed by atoms with E-state index in [9.17, 15) is 5.11 Å². The maximum absolute atomic E-state index is 11.2. The summed E-state index contributed by atoms with van der Waals surface area (Å²) in [4.78, 5) is 0. The molecule has 0 aliphatic rings. The summed E-state index contributed by atoms with van der Waals surface area (Å²) in [6, 6.07) is 8.32. The Hall–Kier alpha value is -1.60. The topological polar surface area (TPSA) is 20.2 Å². The normalized spacial score (nSPS) is 11.8. The highest BCUT2D eigenvalue weighted by atomic mass is 16.3. The number of rotatable bonds is 2. The summed E-state index contributed by atoms with van der Waals surface area (Å²) in [5.41, 5.74) is 8.44. The molecule has 0 heterocycles. The molecule has 0 atom stereocenters. The minimum atomic E-state index is -0.967. The molecule has 0 saturated heterocycles. The predicted octanol–water partition coefficient (Wildman–Crippen LogP) is 4.79. The SMILES string of the molecule is Cc1ccc(C(C)(O)c2ccc(C)c(C)c2C)c(C)c1C. The third-order valence-corrected chi connectivity index (χ3v) is 5.16. The van der Waals surface area contributed by atoms with E-state index < -0.39 is 5.60 Å². The van der Waals surface area contributed by atoms with Crippen LogP contribution in [0.25, 0.3) is 0 Å². The van der Waals surface area contributed by atoms with Gasteiger partial charge in [-0.2, -0.15) is 0 Å². The van der Waals surface area contributed by atoms with Crippen molar-refractivity contribution in [3.05, 3.63) is 68.8 Å². The van der Waals surface area contributed by atoms with Crippen molar-refractivity contribution >= 4 is 0 Å². The minimum Gasteiger partial charge on any atom is -0.381 e. The third kappa shape index (κ3) is 2.51. The summed E-state index contributed by atoms with van der Waals surface area (Å²) >= 11 is 0. The van der Waals surface area contributed by atoms with Gasteiger partial charge in [0.2, 0.25) is 0 Å². The lowest BCUT2D eigenvalue weighted by Gasteiger charge is -2.30. The second kappa shape index (κ2) is 5.31. The number of aliphatic hydroxyl groups is 1. The Balaban J connectivity index is 2.68. The molecule has 2 rings (SSSR count). The Bertz CT molecular complexity index is 634. The van der Waals surface area contributed by atoms with E-state index in [0.29, 0.717) is 0 Å². The lowest BCUT2D eigenvalue weighted by atomic mass is 9.80. The maximum atomic E-state index is 11.2. The quantitative estimate of drug-likeness (QED) is 0.839. The molecule has 0 saturated carbocycles. The first kappa shape index (κ1) is 15.8. The molecule has 112 valence electrons. The molecule has 0 amide bonds. The molecule has 2 aromatic carbocycles. The summed E-state index contributed by atoms with van der Waals surface area (Å²) < 4.78 is 0. The van der Waals surface area contributed by atoms with Gasteiger partial charge in [0.1, 0.15) is 5.60 Å². The molecule has 2 aromatic rings. The van der Waals surface area contributed by atoms with E-state index in [4.69, 9.17) is 0 Å². The summed E-state index contributed by atoms with van der Waals surface area (Å²) in [5, 5.41) is 11.2. The molecule has 0 spiro atoms. The summed E-state index contributed by atoms with van der Waals surface area (Å²) in [6.07, 6.45) is 0. The van der Waals surface area contributed by atoms with Crippen molar-refractivity contribution in [2.24, 2.45) is 0 Å². The molecule has 0 aromatic heterocycles. The van der Waals surface area contributed by atoms with Crippen molar-refractivity contribution < 1.29 is 5.11 Å². The van der Waals surface area contributed by atoms with Crippen LogP contribution in [0.15, 0.2) is 24.3 Å². The van der Waals surface area contributed by atoms with Gasteiger partial charge in [0.05, 0.1) is 0 Å². The molecular formula is C20H26O. The van der Waals surface area contributed by atoms with Gasteiger partial charge in [-0.1, -0.05) is 24.3 Å². The van der Waals surface area contributed by atoms with E-state index in [1.807, 2.05) is 6.92 Å². The van der Waals surface area contributed by atoms with Crippen LogP contribution in [0, 0.1) is 41.5 Å². The van der Waals surface area contributed by atoms with Crippen molar-refractivity contribution in [1.29, 1.82) is 0 Å². The van der Waals surface area contributed by atoms with E-state index in [-0.39, 0.29) is 0 Å². The first-order chi connectivity index (χ1) is 9.67. The summed E-state index contributed by atoms with van der Waals surface area (Å²) in [5.74, 6) is 0. The molecule has 1 N–H and O–H groups in total. The summed E-state index contributed by atoms with van der Waals surface area (Å²) in [7, 11) is 0. The first-order valence-electron chi connectivity index (χ1n) is 7.54. The Morgan fingerprint density at radius 1 is 0.619 bits per heavy atom. The highest BCUT2D eigenvalue weighted by Crippen LogP contribution is 2.36. The van der Waals surface area contributed by atoms with E-state index in [1.54, 1.807) is 0 Å². The fraction of sp³-hybridized carbons (Fsp3) is 0.400. The average Bonchev–Trinajstić information content (AvgIpc) is 2.41. The molecule has 0 unspecified atom stereocenters. The maximum Gasteiger partial charge on any atom is 0.112 e. The molecule has 0 aliphatic carbocycles. The molecule has 0 radical (unpaired) electrons. The van der Waals surface area contributed by atoms with Crippen LogP contribution < -0.4 is 0 Å². The van der Waals surface area contributed by atoms with Gasteiger partial charge in [-0.05, 0) is 93.0 Å².